The van der Waals surface area contributed by atoms with Crippen LogP contribution in [-0.2, 0) is 11.3 Å². The molecule has 2 aromatic carbocycles. The highest BCUT2D eigenvalue weighted by molar-refractivity contribution is 6.30. The fraction of sp³-hybridized carbons (Fsp3) is 0.217. The molecule has 33 heavy (non-hydrogen) atoms. The molecule has 0 aliphatic heterocycles. The number of aryl methyl sites for hydroxylation is 3. The lowest BCUT2D eigenvalue weighted by Crippen LogP contribution is -2.45. The summed E-state index contributed by atoms with van der Waals surface area (Å²) in [5.74, 6) is -2.01. The Morgan fingerprint density at radius 1 is 1.12 bits per heavy atom. The summed E-state index contributed by atoms with van der Waals surface area (Å²) in [7, 11) is 1.21. The van der Waals surface area contributed by atoms with Crippen LogP contribution in [0, 0.1) is 26.6 Å². The second-order valence-electron chi connectivity index (χ2n) is 7.29. The summed E-state index contributed by atoms with van der Waals surface area (Å²) in [4.78, 5) is 25.4. The van der Waals surface area contributed by atoms with Crippen molar-refractivity contribution < 1.29 is 23.5 Å². The molecule has 8 nitrogen and oxygen atoms in total. The summed E-state index contributed by atoms with van der Waals surface area (Å²) < 4.78 is 24.6. The molecule has 0 atom stereocenters. The van der Waals surface area contributed by atoms with Gasteiger partial charge in [0.25, 0.3) is 11.8 Å². The van der Waals surface area contributed by atoms with E-state index in [2.05, 4.69) is 15.6 Å². The van der Waals surface area contributed by atoms with E-state index < -0.39 is 17.8 Å². The number of hydrogen-bond donors (Lipinski definition) is 1. The first-order valence-electron chi connectivity index (χ1n) is 9.88. The van der Waals surface area contributed by atoms with Gasteiger partial charge in [-0.1, -0.05) is 41.4 Å². The zero-order valence-electron chi connectivity index (χ0n) is 18.5. The molecule has 0 saturated carbocycles. The minimum absolute atomic E-state index is 0.0567. The van der Waals surface area contributed by atoms with Crippen molar-refractivity contribution in [1.82, 2.24) is 20.6 Å². The van der Waals surface area contributed by atoms with Crippen LogP contribution in [0.2, 0.25) is 5.02 Å². The minimum Gasteiger partial charge on any atom is -0.452 e. The van der Waals surface area contributed by atoms with Gasteiger partial charge in [-0.3, -0.25) is 10.2 Å². The molecule has 0 aliphatic rings. The number of carbonyl (C=O) groups is 2. The van der Waals surface area contributed by atoms with Crippen LogP contribution in [-0.4, -0.2) is 34.3 Å². The maximum Gasteiger partial charge on any atom is 0.428 e. The number of halogens is 2. The Labute approximate surface area is 195 Å². The highest BCUT2D eigenvalue weighted by Gasteiger charge is 2.23. The van der Waals surface area contributed by atoms with Crippen LogP contribution in [0.5, 0.6) is 11.6 Å². The number of hydrogen-bond acceptors (Lipinski definition) is 6. The molecule has 3 aromatic rings. The lowest BCUT2D eigenvalue weighted by Gasteiger charge is -2.23. The maximum absolute atomic E-state index is 14.3. The van der Waals surface area contributed by atoms with Crippen molar-refractivity contribution in [2.75, 3.05) is 7.11 Å². The smallest absolute Gasteiger partial charge is 0.428 e. The molecule has 1 N–H and O–H groups in total. The summed E-state index contributed by atoms with van der Waals surface area (Å²) in [6.07, 6.45) is -0.773. The largest absolute Gasteiger partial charge is 0.452 e. The number of nitrogens with zero attached hydrogens (tertiary/aromatic N) is 3. The van der Waals surface area contributed by atoms with E-state index in [4.69, 9.17) is 21.1 Å². The molecule has 0 radical (unpaired) electrons. The Bertz CT molecular complexity index is 1210. The van der Waals surface area contributed by atoms with Crippen molar-refractivity contribution in [2.45, 2.75) is 27.3 Å². The van der Waals surface area contributed by atoms with Crippen LogP contribution < -0.4 is 10.2 Å². The Balaban J connectivity index is 1.89. The second-order valence-corrected chi connectivity index (χ2v) is 7.69. The molecular formula is C23H22ClFN4O4. The topological polar surface area (TPSA) is 93.7 Å². The Kier molecular flexibility index (Phi) is 7.44. The van der Waals surface area contributed by atoms with E-state index in [-0.39, 0.29) is 28.8 Å². The fourth-order valence-electron chi connectivity index (χ4n) is 3.02. The number of methoxy groups -OCH3 is 1. The molecule has 2 amide bonds. The van der Waals surface area contributed by atoms with Crippen LogP contribution in [0.4, 0.5) is 9.18 Å². The fourth-order valence-corrected chi connectivity index (χ4v) is 3.18. The van der Waals surface area contributed by atoms with Gasteiger partial charge in [-0.05, 0) is 50.1 Å². The summed E-state index contributed by atoms with van der Waals surface area (Å²) in [5, 5.41) is 8.62. The third kappa shape index (κ3) is 5.75. The first-order valence-corrected chi connectivity index (χ1v) is 10.3. The molecular weight excluding hydrogens is 451 g/mol. The monoisotopic (exact) mass is 472 g/mol. The normalized spacial score (nSPS) is 10.5. The lowest BCUT2D eigenvalue weighted by atomic mass is 10.1. The van der Waals surface area contributed by atoms with Gasteiger partial charge in [0.05, 0.1) is 24.4 Å². The van der Waals surface area contributed by atoms with E-state index in [0.29, 0.717) is 5.69 Å². The summed E-state index contributed by atoms with van der Waals surface area (Å²) in [5.41, 5.74) is 5.69. The van der Waals surface area contributed by atoms with E-state index in [1.807, 2.05) is 32.0 Å². The number of aromatic nitrogens is 2. The van der Waals surface area contributed by atoms with E-state index in [0.717, 1.165) is 21.7 Å². The van der Waals surface area contributed by atoms with E-state index >= 15 is 0 Å². The van der Waals surface area contributed by atoms with Gasteiger partial charge in [-0.2, -0.15) is 5.10 Å². The number of hydrazine groups is 1. The minimum atomic E-state index is -0.807. The van der Waals surface area contributed by atoms with E-state index in [9.17, 15) is 14.0 Å². The third-order valence-electron chi connectivity index (χ3n) is 4.71. The van der Waals surface area contributed by atoms with Crippen LogP contribution in [0.15, 0.2) is 42.5 Å². The van der Waals surface area contributed by atoms with Crippen molar-refractivity contribution in [1.29, 1.82) is 0 Å². The van der Waals surface area contributed by atoms with E-state index in [1.54, 1.807) is 6.92 Å². The van der Waals surface area contributed by atoms with Crippen molar-refractivity contribution in [3.8, 4) is 11.6 Å². The average Bonchev–Trinajstić information content (AvgIpc) is 2.78. The van der Waals surface area contributed by atoms with Gasteiger partial charge in [0.2, 0.25) is 0 Å². The molecule has 0 aliphatic carbocycles. The molecule has 172 valence electrons. The Morgan fingerprint density at radius 3 is 2.58 bits per heavy atom. The van der Waals surface area contributed by atoms with E-state index in [1.165, 1.54) is 31.4 Å². The van der Waals surface area contributed by atoms with Gasteiger partial charge in [0.1, 0.15) is 5.56 Å². The molecule has 0 bridgehead atoms. The van der Waals surface area contributed by atoms with Crippen molar-refractivity contribution in [3.63, 3.8) is 0 Å². The third-order valence-corrected chi connectivity index (χ3v) is 5.00. The first kappa shape index (κ1) is 23.9. The zero-order chi connectivity index (χ0) is 24.1. The molecule has 3 rings (SSSR count). The van der Waals surface area contributed by atoms with Gasteiger partial charge in [-0.25, -0.2) is 14.2 Å². The highest BCUT2D eigenvalue weighted by atomic mass is 35.5. The highest BCUT2D eigenvalue weighted by Crippen LogP contribution is 2.29. The van der Waals surface area contributed by atoms with Crippen molar-refractivity contribution in [3.05, 3.63) is 81.3 Å². The van der Waals surface area contributed by atoms with Crippen LogP contribution in [0.25, 0.3) is 0 Å². The SMILES string of the molecule is COC(=O)N(Cc1ccc(C)cc1C)NC(=O)c1cc(C)nnc1Oc1cccc(Cl)c1F. The van der Waals surface area contributed by atoms with Gasteiger partial charge >= 0.3 is 6.09 Å². The van der Waals surface area contributed by atoms with Crippen molar-refractivity contribution >= 4 is 23.6 Å². The molecule has 1 aromatic heterocycles. The summed E-state index contributed by atoms with van der Waals surface area (Å²) in [6.45, 7) is 5.54. The lowest BCUT2D eigenvalue weighted by molar-refractivity contribution is 0.0687. The van der Waals surface area contributed by atoms with Gasteiger partial charge in [0, 0.05) is 0 Å². The first-order chi connectivity index (χ1) is 15.7. The van der Waals surface area contributed by atoms with Crippen LogP contribution >= 0.6 is 11.6 Å². The van der Waals surface area contributed by atoms with Crippen molar-refractivity contribution in [2.24, 2.45) is 0 Å². The zero-order valence-corrected chi connectivity index (χ0v) is 19.2. The van der Waals surface area contributed by atoms with Crippen LogP contribution in [0.3, 0.4) is 0 Å². The average molecular weight is 473 g/mol. The number of rotatable bonds is 5. The molecule has 1 heterocycles. The molecule has 0 saturated heterocycles. The molecule has 0 fully saturated rings. The Hall–Kier alpha value is -3.72. The van der Waals surface area contributed by atoms with Crippen LogP contribution in [0.1, 0.15) is 32.7 Å². The summed E-state index contributed by atoms with van der Waals surface area (Å²) in [6, 6.07) is 11.3. The van der Waals surface area contributed by atoms with Gasteiger partial charge in [0.15, 0.2) is 11.6 Å². The molecule has 0 unspecified atom stereocenters. The van der Waals surface area contributed by atoms with Gasteiger partial charge < -0.3 is 9.47 Å². The number of nitrogens with one attached hydrogen (secondary N) is 1. The molecule has 10 heteroatoms. The molecule has 0 spiro atoms. The Morgan fingerprint density at radius 2 is 1.88 bits per heavy atom. The predicted molar refractivity (Wildman–Crippen MR) is 120 cm³/mol. The van der Waals surface area contributed by atoms with Gasteiger partial charge in [-0.15, -0.1) is 5.10 Å². The second kappa shape index (κ2) is 10.3. The number of amides is 2. The predicted octanol–water partition coefficient (Wildman–Crippen LogP) is 4.90. The quantitative estimate of drug-likeness (QED) is 0.531. The standard InChI is InChI=1S/C23H22ClFN4O4/c1-13-8-9-16(14(2)10-13)12-29(23(31)32-4)28-21(30)17-11-15(3)26-27-22(17)33-19-7-5-6-18(24)20(19)25/h5-11H,12H2,1-4H3,(H,28,30). The number of carbonyl (C=O) groups excluding carboxylic acids is 2. The summed E-state index contributed by atoms with van der Waals surface area (Å²) >= 11 is 5.80. The number of ether oxygens (including phenoxy) is 2. The maximum atomic E-state index is 14.3. The number of benzene rings is 2.